The molecule has 1 aliphatic carbocycles. The van der Waals surface area contributed by atoms with Crippen molar-refractivity contribution >= 4 is 5.91 Å². The minimum atomic E-state index is -0.292. The maximum Gasteiger partial charge on any atom is 0.253 e. The molecule has 1 N–H and O–H groups in total. The van der Waals surface area contributed by atoms with E-state index in [0.29, 0.717) is 30.3 Å². The Morgan fingerprint density at radius 3 is 2.88 bits per heavy atom. The van der Waals surface area contributed by atoms with Crippen LogP contribution in [-0.2, 0) is 6.42 Å². The summed E-state index contributed by atoms with van der Waals surface area (Å²) in [4.78, 5) is 17.1. The highest BCUT2D eigenvalue weighted by Crippen LogP contribution is 2.39. The van der Waals surface area contributed by atoms with E-state index in [4.69, 9.17) is 4.74 Å². The molecule has 1 unspecified atom stereocenters. The minimum absolute atomic E-state index is 0.157. The number of rotatable bonds is 3. The fourth-order valence-electron chi connectivity index (χ4n) is 3.15. The second-order valence-corrected chi connectivity index (χ2v) is 6.58. The average Bonchev–Trinajstić information content (AvgIpc) is 3.39. The smallest absolute Gasteiger partial charge is 0.253 e. The molecule has 1 aromatic carbocycles. The van der Waals surface area contributed by atoms with Gasteiger partial charge in [0.15, 0.2) is 0 Å². The van der Waals surface area contributed by atoms with Gasteiger partial charge in [-0.05, 0) is 62.1 Å². The maximum atomic E-state index is 13.4. The molecule has 2 heterocycles. The topological polar surface area (TPSA) is 51.2 Å². The first-order valence-electron chi connectivity index (χ1n) is 8.30. The van der Waals surface area contributed by atoms with E-state index in [9.17, 15) is 9.18 Å². The lowest BCUT2D eigenvalue weighted by molar-refractivity contribution is 0.0914. The molecule has 1 fully saturated rings. The number of nitrogens with zero attached hydrogens (tertiary/aromatic N) is 1. The first kappa shape index (κ1) is 15.1. The summed E-state index contributed by atoms with van der Waals surface area (Å²) in [5.74, 6) is 0.809. The van der Waals surface area contributed by atoms with Crippen LogP contribution in [0.4, 0.5) is 4.39 Å². The summed E-state index contributed by atoms with van der Waals surface area (Å²) >= 11 is 0. The van der Waals surface area contributed by atoms with Crippen molar-refractivity contribution in [3.05, 3.63) is 58.7 Å². The lowest BCUT2D eigenvalue weighted by Crippen LogP contribution is -2.43. The van der Waals surface area contributed by atoms with Crippen molar-refractivity contribution in [2.24, 2.45) is 0 Å². The number of hydrogen-bond acceptors (Lipinski definition) is 3. The van der Waals surface area contributed by atoms with Crippen molar-refractivity contribution < 1.29 is 13.9 Å². The second-order valence-electron chi connectivity index (χ2n) is 6.58. The van der Waals surface area contributed by atoms with Crippen LogP contribution in [0.1, 0.15) is 46.1 Å². The lowest BCUT2D eigenvalue weighted by Gasteiger charge is -2.26. The highest BCUT2D eigenvalue weighted by Gasteiger charge is 2.27. The van der Waals surface area contributed by atoms with Crippen molar-refractivity contribution in [2.75, 3.05) is 6.61 Å². The van der Waals surface area contributed by atoms with Crippen LogP contribution >= 0.6 is 0 Å². The molecule has 0 spiro atoms. The Hall–Kier alpha value is -2.43. The van der Waals surface area contributed by atoms with Crippen molar-refractivity contribution in [1.29, 1.82) is 0 Å². The summed E-state index contributed by atoms with van der Waals surface area (Å²) in [6.45, 7) is 2.25. The molecular weight excluding hydrogens is 307 g/mol. The van der Waals surface area contributed by atoms with Gasteiger partial charge in [-0.1, -0.05) is 0 Å². The number of pyridine rings is 1. The van der Waals surface area contributed by atoms with Crippen LogP contribution in [0.3, 0.4) is 0 Å². The fourth-order valence-corrected chi connectivity index (χ4v) is 3.15. The molecular formula is C19H19FN2O2. The summed E-state index contributed by atoms with van der Waals surface area (Å²) in [5.41, 5.74) is 3.20. The zero-order valence-corrected chi connectivity index (χ0v) is 13.5. The lowest BCUT2D eigenvalue weighted by atomic mass is 10.0. The summed E-state index contributed by atoms with van der Waals surface area (Å²) in [6.07, 6.45) is 2.94. The fraction of sp³-hybridized carbons (Fsp3) is 0.368. The van der Waals surface area contributed by atoms with Crippen LogP contribution < -0.4 is 10.1 Å². The zero-order chi connectivity index (χ0) is 16.7. The molecule has 2 aliphatic rings. The van der Waals surface area contributed by atoms with Crippen LogP contribution in [0, 0.1) is 12.7 Å². The number of ether oxygens (including phenoxy) is 1. The van der Waals surface area contributed by atoms with Gasteiger partial charge in [-0.3, -0.25) is 9.78 Å². The Bertz CT molecular complexity index is 802. The predicted octanol–water partition coefficient (Wildman–Crippen LogP) is 3.14. The third-order valence-electron chi connectivity index (χ3n) is 4.61. The van der Waals surface area contributed by atoms with Crippen LogP contribution in [-0.4, -0.2) is 23.5 Å². The van der Waals surface area contributed by atoms with Gasteiger partial charge in [-0.2, -0.15) is 0 Å². The Balaban J connectivity index is 1.46. The van der Waals surface area contributed by atoms with Gasteiger partial charge in [0.25, 0.3) is 5.91 Å². The third kappa shape index (κ3) is 2.98. The molecule has 4 nitrogen and oxygen atoms in total. The minimum Gasteiger partial charge on any atom is -0.491 e. The van der Waals surface area contributed by atoms with Crippen LogP contribution in [0.5, 0.6) is 5.75 Å². The first-order chi connectivity index (χ1) is 11.6. The molecule has 1 atom stereocenters. The van der Waals surface area contributed by atoms with Gasteiger partial charge in [0.2, 0.25) is 0 Å². The predicted molar refractivity (Wildman–Crippen MR) is 87.8 cm³/mol. The number of nitrogens with one attached hydrogen (secondary N) is 1. The second kappa shape index (κ2) is 5.89. The van der Waals surface area contributed by atoms with Crippen LogP contribution in [0.25, 0.3) is 0 Å². The summed E-state index contributed by atoms with van der Waals surface area (Å²) in [6, 6.07) is 8.10. The van der Waals surface area contributed by atoms with E-state index >= 15 is 0 Å². The van der Waals surface area contributed by atoms with Gasteiger partial charge in [-0.15, -0.1) is 0 Å². The molecule has 0 bridgehead atoms. The van der Waals surface area contributed by atoms with E-state index in [1.54, 1.807) is 6.07 Å². The monoisotopic (exact) mass is 326 g/mol. The molecule has 124 valence electrons. The van der Waals surface area contributed by atoms with E-state index in [0.717, 1.165) is 17.0 Å². The Morgan fingerprint density at radius 1 is 1.29 bits per heavy atom. The van der Waals surface area contributed by atoms with Crippen molar-refractivity contribution in [3.8, 4) is 5.75 Å². The van der Waals surface area contributed by atoms with E-state index in [2.05, 4.69) is 10.3 Å². The van der Waals surface area contributed by atoms with Gasteiger partial charge in [0.05, 0.1) is 17.3 Å². The molecule has 2 aromatic rings. The number of aryl methyl sites for hydroxylation is 1. The van der Waals surface area contributed by atoms with Gasteiger partial charge < -0.3 is 10.1 Å². The Kier molecular flexibility index (Phi) is 3.71. The average molecular weight is 326 g/mol. The zero-order valence-electron chi connectivity index (χ0n) is 13.5. The van der Waals surface area contributed by atoms with Crippen molar-refractivity contribution in [1.82, 2.24) is 10.3 Å². The molecule has 0 saturated heterocycles. The number of carbonyl (C=O) groups is 1. The number of fused-ring (bicyclic) bond motifs is 1. The van der Waals surface area contributed by atoms with E-state index in [-0.39, 0.29) is 17.8 Å². The quantitative estimate of drug-likeness (QED) is 0.943. The number of aromatic nitrogens is 1. The SMILES string of the molecule is Cc1nc(C2CC2)ccc1C(=O)NC1COc2ccc(F)cc2C1. The van der Waals surface area contributed by atoms with Crippen molar-refractivity contribution in [3.63, 3.8) is 0 Å². The Labute approximate surface area is 140 Å². The number of carbonyl (C=O) groups excluding carboxylic acids is 1. The molecule has 1 saturated carbocycles. The standard InChI is InChI=1S/C19H19FN2O2/c1-11-16(5-6-17(21-11)12-2-3-12)19(23)22-15-9-13-8-14(20)4-7-18(13)24-10-15/h4-8,12,15H,2-3,9-10H2,1H3,(H,22,23). The van der Waals surface area contributed by atoms with E-state index < -0.39 is 0 Å². The summed E-state index contributed by atoms with van der Waals surface area (Å²) < 4.78 is 19.0. The van der Waals surface area contributed by atoms with Gasteiger partial charge in [0, 0.05) is 11.6 Å². The molecule has 4 rings (SSSR count). The normalized spacial score (nSPS) is 19.3. The molecule has 1 amide bonds. The highest BCUT2D eigenvalue weighted by molar-refractivity contribution is 5.95. The van der Waals surface area contributed by atoms with Crippen LogP contribution in [0.15, 0.2) is 30.3 Å². The number of hydrogen-bond donors (Lipinski definition) is 1. The number of amides is 1. The van der Waals surface area contributed by atoms with Gasteiger partial charge >= 0.3 is 0 Å². The summed E-state index contributed by atoms with van der Waals surface area (Å²) in [5, 5.41) is 2.97. The molecule has 0 radical (unpaired) electrons. The Morgan fingerprint density at radius 2 is 2.12 bits per heavy atom. The van der Waals surface area contributed by atoms with E-state index in [1.807, 2.05) is 19.1 Å². The highest BCUT2D eigenvalue weighted by atomic mass is 19.1. The number of benzene rings is 1. The largest absolute Gasteiger partial charge is 0.491 e. The molecule has 1 aromatic heterocycles. The maximum absolute atomic E-state index is 13.4. The molecule has 24 heavy (non-hydrogen) atoms. The van der Waals surface area contributed by atoms with Gasteiger partial charge in [-0.25, -0.2) is 4.39 Å². The van der Waals surface area contributed by atoms with Crippen molar-refractivity contribution in [2.45, 2.75) is 38.1 Å². The van der Waals surface area contributed by atoms with Gasteiger partial charge in [0.1, 0.15) is 18.2 Å². The summed E-state index contributed by atoms with van der Waals surface area (Å²) in [7, 11) is 0. The van der Waals surface area contributed by atoms with E-state index in [1.165, 1.54) is 25.0 Å². The third-order valence-corrected chi connectivity index (χ3v) is 4.61. The first-order valence-corrected chi connectivity index (χ1v) is 8.30. The molecule has 5 heteroatoms. The van der Waals surface area contributed by atoms with Crippen LogP contribution in [0.2, 0.25) is 0 Å². The number of halogens is 1. The molecule has 1 aliphatic heterocycles.